The van der Waals surface area contributed by atoms with Gasteiger partial charge < -0.3 is 15.4 Å². The summed E-state index contributed by atoms with van der Waals surface area (Å²) in [5.41, 5.74) is 0. The fourth-order valence-corrected chi connectivity index (χ4v) is 2.02. The topological polar surface area (TPSA) is 45.7 Å². The van der Waals surface area contributed by atoms with Crippen molar-refractivity contribution in [2.75, 3.05) is 26.8 Å². The van der Waals surface area contributed by atoms with E-state index in [0.717, 1.165) is 25.7 Å². The molecule has 100 valence electrons. The number of rotatable bonds is 6. The number of hydrogen-bond acceptors (Lipinski definition) is 2. The molecule has 0 aromatic rings. The summed E-state index contributed by atoms with van der Waals surface area (Å²) in [6.45, 7) is 6.71. The third-order valence-corrected chi connectivity index (χ3v) is 2.91. The van der Waals surface area contributed by atoms with Crippen LogP contribution < -0.4 is 10.6 Å². The molecule has 1 fully saturated rings. The first-order valence-corrected chi connectivity index (χ1v) is 6.77. The van der Waals surface area contributed by atoms with Gasteiger partial charge in [0.25, 0.3) is 0 Å². The molecule has 1 aliphatic carbocycles. The van der Waals surface area contributed by atoms with E-state index in [0.29, 0.717) is 12.0 Å². The smallest absolute Gasteiger partial charge is 0.191 e. The van der Waals surface area contributed by atoms with E-state index in [2.05, 4.69) is 29.5 Å². The lowest BCUT2D eigenvalue weighted by Gasteiger charge is -2.17. The Morgan fingerprint density at radius 3 is 2.65 bits per heavy atom. The Morgan fingerprint density at radius 2 is 2.06 bits per heavy atom. The van der Waals surface area contributed by atoms with Crippen LogP contribution in [0.3, 0.4) is 0 Å². The highest BCUT2D eigenvalue weighted by Gasteiger charge is 2.15. The minimum absolute atomic E-state index is 0.603. The Labute approximate surface area is 105 Å². The summed E-state index contributed by atoms with van der Waals surface area (Å²) in [6.07, 6.45) is 5.22. The molecule has 17 heavy (non-hydrogen) atoms. The zero-order valence-electron chi connectivity index (χ0n) is 11.5. The molecule has 1 saturated carbocycles. The third-order valence-electron chi connectivity index (χ3n) is 2.91. The van der Waals surface area contributed by atoms with Gasteiger partial charge in [0.2, 0.25) is 0 Å². The van der Waals surface area contributed by atoms with Gasteiger partial charge in [0.15, 0.2) is 5.96 Å². The Morgan fingerprint density at radius 1 is 1.35 bits per heavy atom. The van der Waals surface area contributed by atoms with E-state index in [9.17, 15) is 0 Å². The van der Waals surface area contributed by atoms with Crippen molar-refractivity contribution in [1.82, 2.24) is 10.6 Å². The number of hydrogen-bond donors (Lipinski definition) is 2. The van der Waals surface area contributed by atoms with Gasteiger partial charge in [0, 0.05) is 26.2 Å². The first-order valence-electron chi connectivity index (χ1n) is 6.77. The van der Waals surface area contributed by atoms with Crippen molar-refractivity contribution >= 4 is 5.96 Å². The molecule has 4 nitrogen and oxygen atoms in total. The summed E-state index contributed by atoms with van der Waals surface area (Å²) in [4.78, 5) is 4.22. The molecule has 0 aliphatic heterocycles. The van der Waals surface area contributed by atoms with Gasteiger partial charge in [-0.25, -0.2) is 0 Å². The van der Waals surface area contributed by atoms with Crippen molar-refractivity contribution in [1.29, 1.82) is 0 Å². The van der Waals surface area contributed by atoms with E-state index in [1.165, 1.54) is 25.7 Å². The fraction of sp³-hybridized carbons (Fsp3) is 0.923. The Hall–Kier alpha value is -0.770. The monoisotopic (exact) mass is 241 g/mol. The predicted molar refractivity (Wildman–Crippen MR) is 72.4 cm³/mol. The van der Waals surface area contributed by atoms with Crippen LogP contribution in [0.5, 0.6) is 0 Å². The average molecular weight is 241 g/mol. The number of ether oxygens (including phenoxy) is 1. The van der Waals surface area contributed by atoms with Crippen LogP contribution in [-0.2, 0) is 4.74 Å². The maximum Gasteiger partial charge on any atom is 0.191 e. The minimum Gasteiger partial charge on any atom is -0.379 e. The summed E-state index contributed by atoms with van der Waals surface area (Å²) in [5, 5.41) is 6.73. The van der Waals surface area contributed by atoms with Crippen LogP contribution >= 0.6 is 0 Å². The normalized spacial score (nSPS) is 17.8. The van der Waals surface area contributed by atoms with Crippen LogP contribution in [0, 0.1) is 5.92 Å². The largest absolute Gasteiger partial charge is 0.379 e. The van der Waals surface area contributed by atoms with E-state index in [4.69, 9.17) is 4.74 Å². The summed E-state index contributed by atoms with van der Waals surface area (Å²) in [5.74, 6) is 1.51. The van der Waals surface area contributed by atoms with Crippen LogP contribution in [0.1, 0.15) is 39.5 Å². The summed E-state index contributed by atoms with van der Waals surface area (Å²) < 4.78 is 5.51. The van der Waals surface area contributed by atoms with Crippen LogP contribution in [0.15, 0.2) is 4.99 Å². The van der Waals surface area contributed by atoms with Crippen LogP contribution in [0.2, 0.25) is 0 Å². The van der Waals surface area contributed by atoms with E-state index < -0.39 is 0 Å². The standard InChI is InChI=1S/C13H27N3O/c1-11(2)10-17-9-8-15-13(14-3)16-12-6-4-5-7-12/h11-12H,4-10H2,1-3H3,(H2,14,15,16). The molecular formula is C13H27N3O. The second-order valence-electron chi connectivity index (χ2n) is 5.09. The van der Waals surface area contributed by atoms with Gasteiger partial charge in [-0.1, -0.05) is 26.7 Å². The lowest BCUT2D eigenvalue weighted by molar-refractivity contribution is 0.114. The van der Waals surface area contributed by atoms with Gasteiger partial charge in [-0.3, -0.25) is 4.99 Å². The van der Waals surface area contributed by atoms with Crippen molar-refractivity contribution in [3.05, 3.63) is 0 Å². The van der Waals surface area contributed by atoms with Crippen molar-refractivity contribution in [2.24, 2.45) is 10.9 Å². The lowest BCUT2D eigenvalue weighted by Crippen LogP contribution is -2.43. The highest BCUT2D eigenvalue weighted by Crippen LogP contribution is 2.17. The molecule has 0 atom stereocenters. The number of nitrogens with zero attached hydrogens (tertiary/aromatic N) is 1. The van der Waals surface area contributed by atoms with E-state index in [-0.39, 0.29) is 0 Å². The predicted octanol–water partition coefficient (Wildman–Crippen LogP) is 1.77. The SMILES string of the molecule is CN=C(NCCOCC(C)C)NC1CCCC1. The molecule has 0 spiro atoms. The van der Waals surface area contributed by atoms with Gasteiger partial charge in [-0.05, 0) is 18.8 Å². The van der Waals surface area contributed by atoms with Crippen LogP contribution in [0.25, 0.3) is 0 Å². The van der Waals surface area contributed by atoms with E-state index in [1.54, 1.807) is 0 Å². The van der Waals surface area contributed by atoms with Gasteiger partial charge >= 0.3 is 0 Å². The molecular weight excluding hydrogens is 214 g/mol. The maximum atomic E-state index is 5.51. The molecule has 0 bridgehead atoms. The second-order valence-corrected chi connectivity index (χ2v) is 5.09. The molecule has 0 radical (unpaired) electrons. The number of guanidine groups is 1. The van der Waals surface area contributed by atoms with Crippen molar-refractivity contribution in [3.63, 3.8) is 0 Å². The maximum absolute atomic E-state index is 5.51. The molecule has 0 amide bonds. The molecule has 0 unspecified atom stereocenters. The Bertz CT molecular complexity index is 223. The summed E-state index contributed by atoms with van der Waals surface area (Å²) in [6, 6.07) is 0.609. The molecule has 2 N–H and O–H groups in total. The molecule has 1 aliphatic rings. The van der Waals surface area contributed by atoms with Crippen molar-refractivity contribution in [2.45, 2.75) is 45.6 Å². The highest BCUT2D eigenvalue weighted by molar-refractivity contribution is 5.79. The zero-order chi connectivity index (χ0) is 12.5. The van der Waals surface area contributed by atoms with Gasteiger partial charge in [-0.15, -0.1) is 0 Å². The molecule has 4 heteroatoms. The molecule has 0 aromatic heterocycles. The summed E-state index contributed by atoms with van der Waals surface area (Å²) >= 11 is 0. The first kappa shape index (κ1) is 14.3. The Kier molecular flexibility index (Phi) is 7.01. The average Bonchev–Trinajstić information content (AvgIpc) is 2.79. The number of aliphatic imine (C=N–C) groups is 1. The van der Waals surface area contributed by atoms with E-state index >= 15 is 0 Å². The first-order chi connectivity index (χ1) is 8.22. The third kappa shape index (κ3) is 6.51. The quantitative estimate of drug-likeness (QED) is 0.423. The van der Waals surface area contributed by atoms with Gasteiger partial charge in [0.1, 0.15) is 0 Å². The van der Waals surface area contributed by atoms with Crippen LogP contribution in [-0.4, -0.2) is 38.8 Å². The fourth-order valence-electron chi connectivity index (χ4n) is 2.02. The summed E-state index contributed by atoms with van der Waals surface area (Å²) in [7, 11) is 1.82. The van der Waals surface area contributed by atoms with Crippen LogP contribution in [0.4, 0.5) is 0 Å². The molecule has 0 heterocycles. The molecule has 1 rings (SSSR count). The highest BCUT2D eigenvalue weighted by atomic mass is 16.5. The van der Waals surface area contributed by atoms with Gasteiger partial charge in [-0.2, -0.15) is 0 Å². The Balaban J connectivity index is 2.06. The van der Waals surface area contributed by atoms with Gasteiger partial charge in [0.05, 0.1) is 6.61 Å². The lowest BCUT2D eigenvalue weighted by atomic mass is 10.2. The van der Waals surface area contributed by atoms with Crippen molar-refractivity contribution < 1.29 is 4.74 Å². The minimum atomic E-state index is 0.603. The van der Waals surface area contributed by atoms with E-state index in [1.807, 2.05) is 7.05 Å². The molecule has 0 saturated heterocycles. The zero-order valence-corrected chi connectivity index (χ0v) is 11.5. The number of nitrogens with one attached hydrogen (secondary N) is 2. The second kappa shape index (κ2) is 8.34. The van der Waals surface area contributed by atoms with Crippen molar-refractivity contribution in [3.8, 4) is 0 Å². The molecule has 0 aromatic carbocycles.